The van der Waals surface area contributed by atoms with Crippen molar-refractivity contribution in [1.82, 2.24) is 5.32 Å². The van der Waals surface area contributed by atoms with Gasteiger partial charge in [0.2, 0.25) is 0 Å². The molecule has 0 heterocycles. The van der Waals surface area contributed by atoms with Crippen molar-refractivity contribution >= 4 is 0 Å². The fourth-order valence-corrected chi connectivity index (χ4v) is 2.75. The average molecular weight is 369 g/mol. The van der Waals surface area contributed by atoms with Crippen molar-refractivity contribution < 1.29 is 28.1 Å². The largest absolute Gasteiger partial charge is 0.573 e. The average Bonchev–Trinajstić information content (AvgIpc) is 2.60. The molecule has 2 aromatic carbocycles. The zero-order valence-electron chi connectivity index (χ0n) is 14.3. The Morgan fingerprint density at radius 1 is 1.04 bits per heavy atom. The van der Waals surface area contributed by atoms with Crippen molar-refractivity contribution in [2.45, 2.75) is 31.4 Å². The van der Waals surface area contributed by atoms with Crippen LogP contribution in [0.3, 0.4) is 0 Å². The lowest BCUT2D eigenvalue weighted by Crippen LogP contribution is -2.47. The first-order valence-corrected chi connectivity index (χ1v) is 8.26. The fourth-order valence-electron chi connectivity index (χ4n) is 2.75. The van der Waals surface area contributed by atoms with E-state index in [1.165, 1.54) is 18.2 Å². The monoisotopic (exact) mass is 369 g/mol. The summed E-state index contributed by atoms with van der Waals surface area (Å²) in [5.41, 5.74) is -1.23. The van der Waals surface area contributed by atoms with E-state index in [9.17, 15) is 23.4 Å². The van der Waals surface area contributed by atoms with Gasteiger partial charge in [0.1, 0.15) is 11.4 Å². The van der Waals surface area contributed by atoms with Gasteiger partial charge in [-0.05, 0) is 23.7 Å². The van der Waals surface area contributed by atoms with Gasteiger partial charge >= 0.3 is 6.36 Å². The standard InChI is InChI=1S/C19H22F3NO3/c1-2-23-13-17(24)18(25,15-9-4-3-5-10-15)12-14-8-6-7-11-16(14)26-19(20,21)22/h3-11,17,23-25H,2,12-13H2,1H3/t17-,18?/m0/s1. The Hall–Kier alpha value is -2.09. The molecule has 26 heavy (non-hydrogen) atoms. The van der Waals surface area contributed by atoms with Crippen LogP contribution in [0.25, 0.3) is 0 Å². The maximum atomic E-state index is 12.7. The number of aliphatic hydroxyl groups is 2. The van der Waals surface area contributed by atoms with Gasteiger partial charge < -0.3 is 20.3 Å². The Labute approximate surface area is 150 Å². The van der Waals surface area contributed by atoms with Crippen LogP contribution in [0.5, 0.6) is 5.75 Å². The highest BCUT2D eigenvalue weighted by Gasteiger charge is 2.39. The quantitative estimate of drug-likeness (QED) is 0.670. The molecule has 0 saturated carbocycles. The molecule has 0 aromatic heterocycles. The van der Waals surface area contributed by atoms with Crippen LogP contribution in [0.15, 0.2) is 54.6 Å². The number of likely N-dealkylation sites (N-methyl/N-ethyl adjacent to an activating group) is 1. The van der Waals surface area contributed by atoms with Crippen LogP contribution >= 0.6 is 0 Å². The minimum absolute atomic E-state index is 0.0875. The van der Waals surface area contributed by atoms with Crippen molar-refractivity contribution in [2.24, 2.45) is 0 Å². The molecule has 0 aliphatic rings. The Kier molecular flexibility index (Phi) is 6.63. The third kappa shape index (κ3) is 5.20. The topological polar surface area (TPSA) is 61.7 Å². The number of hydrogen-bond donors (Lipinski definition) is 3. The molecule has 142 valence electrons. The molecule has 2 aromatic rings. The Balaban J connectivity index is 2.39. The van der Waals surface area contributed by atoms with Crippen molar-refractivity contribution in [3.63, 3.8) is 0 Å². The van der Waals surface area contributed by atoms with Gasteiger partial charge in [0.15, 0.2) is 0 Å². The number of alkyl halides is 3. The van der Waals surface area contributed by atoms with E-state index < -0.39 is 23.8 Å². The minimum atomic E-state index is -4.84. The van der Waals surface area contributed by atoms with Gasteiger partial charge in [-0.2, -0.15) is 0 Å². The molecule has 0 aliphatic heterocycles. The number of halogens is 3. The van der Waals surface area contributed by atoms with Gasteiger partial charge in [-0.1, -0.05) is 55.5 Å². The van der Waals surface area contributed by atoms with Crippen LogP contribution in [-0.2, 0) is 12.0 Å². The van der Waals surface area contributed by atoms with Crippen LogP contribution in [0.4, 0.5) is 13.2 Å². The smallest absolute Gasteiger partial charge is 0.406 e. The molecule has 0 fully saturated rings. The Morgan fingerprint density at radius 3 is 2.27 bits per heavy atom. The fraction of sp³-hybridized carbons (Fsp3) is 0.368. The number of aliphatic hydroxyl groups excluding tert-OH is 1. The molecule has 7 heteroatoms. The minimum Gasteiger partial charge on any atom is -0.406 e. The molecule has 0 bridgehead atoms. The molecule has 4 nitrogen and oxygen atoms in total. The van der Waals surface area contributed by atoms with Gasteiger partial charge in [-0.3, -0.25) is 0 Å². The van der Waals surface area contributed by atoms with E-state index in [4.69, 9.17) is 0 Å². The van der Waals surface area contributed by atoms with Crippen molar-refractivity contribution in [2.75, 3.05) is 13.1 Å². The lowest BCUT2D eigenvalue weighted by molar-refractivity contribution is -0.275. The SMILES string of the molecule is CCNC[C@H](O)C(O)(Cc1ccccc1OC(F)(F)F)c1ccccc1. The normalized spacial score (nSPS) is 15.3. The van der Waals surface area contributed by atoms with Crippen LogP contribution < -0.4 is 10.1 Å². The predicted octanol–water partition coefficient (Wildman–Crippen LogP) is 2.99. The van der Waals surface area contributed by atoms with Gasteiger partial charge in [0.05, 0.1) is 6.10 Å². The predicted molar refractivity (Wildman–Crippen MR) is 91.7 cm³/mol. The second kappa shape index (κ2) is 8.53. The molecule has 0 saturated heterocycles. The molecule has 3 N–H and O–H groups in total. The van der Waals surface area contributed by atoms with Crippen molar-refractivity contribution in [1.29, 1.82) is 0 Å². The van der Waals surface area contributed by atoms with E-state index in [0.717, 1.165) is 0 Å². The zero-order valence-corrected chi connectivity index (χ0v) is 14.3. The summed E-state index contributed by atoms with van der Waals surface area (Å²) >= 11 is 0. The number of benzene rings is 2. The molecule has 0 aliphatic carbocycles. The summed E-state index contributed by atoms with van der Waals surface area (Å²) < 4.78 is 42.0. The van der Waals surface area contributed by atoms with Crippen LogP contribution in [0, 0.1) is 0 Å². The van der Waals surface area contributed by atoms with Gasteiger partial charge in [-0.15, -0.1) is 13.2 Å². The van der Waals surface area contributed by atoms with Gasteiger partial charge in [0.25, 0.3) is 0 Å². The maximum absolute atomic E-state index is 12.7. The van der Waals surface area contributed by atoms with E-state index in [2.05, 4.69) is 10.1 Å². The highest BCUT2D eigenvalue weighted by molar-refractivity contribution is 5.37. The Bertz CT molecular complexity index is 694. The number of hydrogen-bond acceptors (Lipinski definition) is 4. The summed E-state index contributed by atoms with van der Waals surface area (Å²) in [6.45, 7) is 2.51. The maximum Gasteiger partial charge on any atom is 0.573 e. The molecular formula is C19H22F3NO3. The number of para-hydroxylation sites is 1. The van der Waals surface area contributed by atoms with Gasteiger partial charge in [0, 0.05) is 13.0 Å². The third-order valence-corrected chi connectivity index (χ3v) is 4.07. The summed E-state index contributed by atoms with van der Waals surface area (Å²) in [5, 5.41) is 24.7. The first-order valence-electron chi connectivity index (χ1n) is 8.26. The number of nitrogens with one attached hydrogen (secondary N) is 1. The van der Waals surface area contributed by atoms with E-state index >= 15 is 0 Å². The molecular weight excluding hydrogens is 347 g/mol. The van der Waals surface area contributed by atoms with E-state index in [-0.39, 0.29) is 18.5 Å². The molecule has 1 unspecified atom stereocenters. The lowest BCUT2D eigenvalue weighted by Gasteiger charge is -2.34. The molecule has 2 atom stereocenters. The molecule has 2 rings (SSSR count). The highest BCUT2D eigenvalue weighted by Crippen LogP contribution is 2.34. The van der Waals surface area contributed by atoms with Crippen LogP contribution in [0.1, 0.15) is 18.1 Å². The second-order valence-electron chi connectivity index (χ2n) is 5.95. The van der Waals surface area contributed by atoms with E-state index in [1.807, 2.05) is 6.92 Å². The van der Waals surface area contributed by atoms with Gasteiger partial charge in [-0.25, -0.2) is 0 Å². The van der Waals surface area contributed by atoms with Crippen molar-refractivity contribution in [3.05, 3.63) is 65.7 Å². The number of ether oxygens (including phenoxy) is 1. The molecule has 0 amide bonds. The second-order valence-corrected chi connectivity index (χ2v) is 5.95. The van der Waals surface area contributed by atoms with Crippen molar-refractivity contribution in [3.8, 4) is 5.75 Å². The summed E-state index contributed by atoms with van der Waals surface area (Å²) in [5.74, 6) is -0.398. The number of rotatable bonds is 8. The first-order chi connectivity index (χ1) is 12.3. The highest BCUT2D eigenvalue weighted by atomic mass is 19.4. The molecule has 0 radical (unpaired) electrons. The lowest BCUT2D eigenvalue weighted by atomic mass is 9.82. The van der Waals surface area contributed by atoms with E-state index in [0.29, 0.717) is 12.1 Å². The van der Waals surface area contributed by atoms with Crippen LogP contribution in [0.2, 0.25) is 0 Å². The Morgan fingerprint density at radius 2 is 1.65 bits per heavy atom. The summed E-state index contributed by atoms with van der Waals surface area (Å²) in [6.07, 6.45) is -6.32. The third-order valence-electron chi connectivity index (χ3n) is 4.07. The summed E-state index contributed by atoms with van der Waals surface area (Å²) in [7, 11) is 0. The summed E-state index contributed by atoms with van der Waals surface area (Å²) in [6, 6.07) is 14.0. The molecule has 0 spiro atoms. The summed E-state index contributed by atoms with van der Waals surface area (Å²) in [4.78, 5) is 0. The van der Waals surface area contributed by atoms with Crippen LogP contribution in [-0.4, -0.2) is 35.8 Å². The first kappa shape index (κ1) is 20.2. The van der Waals surface area contributed by atoms with E-state index in [1.54, 1.807) is 36.4 Å². The zero-order chi connectivity index (χ0) is 19.2.